The molecule has 3 aliphatic rings. The summed E-state index contributed by atoms with van der Waals surface area (Å²) in [6, 6.07) is 0.386. The summed E-state index contributed by atoms with van der Waals surface area (Å²) in [6.07, 6.45) is 6.86. The van der Waals surface area contributed by atoms with Gasteiger partial charge in [0.25, 0.3) is 0 Å². The van der Waals surface area contributed by atoms with Crippen molar-refractivity contribution in [1.29, 1.82) is 0 Å². The third-order valence-corrected chi connectivity index (χ3v) is 4.88. The fraction of sp³-hybridized carbons (Fsp3) is 0.733. The number of likely N-dealkylation sites (tertiary alicyclic amines) is 1. The number of carbonyl (C=O) groups is 2. The highest BCUT2D eigenvalue weighted by molar-refractivity contribution is 6.01. The van der Waals surface area contributed by atoms with Crippen LogP contribution in [0.4, 0.5) is 0 Å². The maximum atomic E-state index is 12.5. The summed E-state index contributed by atoms with van der Waals surface area (Å²) in [5, 5.41) is 0. The second-order valence-corrected chi connectivity index (χ2v) is 6.00. The molecule has 0 radical (unpaired) electrons. The topological polar surface area (TPSA) is 40.6 Å². The molecule has 19 heavy (non-hydrogen) atoms. The monoisotopic (exact) mass is 262 g/mol. The van der Waals surface area contributed by atoms with Gasteiger partial charge in [0.05, 0.1) is 0 Å². The largest absolute Gasteiger partial charge is 0.341 e. The Balaban J connectivity index is 1.80. The average molecular weight is 262 g/mol. The Morgan fingerprint density at radius 1 is 1.26 bits per heavy atom. The van der Waals surface area contributed by atoms with E-state index in [1.54, 1.807) is 0 Å². The normalized spacial score (nSPS) is 34.2. The summed E-state index contributed by atoms with van der Waals surface area (Å²) in [7, 11) is 0. The Morgan fingerprint density at radius 2 is 2.11 bits per heavy atom. The van der Waals surface area contributed by atoms with Gasteiger partial charge in [-0.1, -0.05) is 6.08 Å². The van der Waals surface area contributed by atoms with Crippen molar-refractivity contribution < 1.29 is 9.59 Å². The van der Waals surface area contributed by atoms with E-state index in [1.165, 1.54) is 6.42 Å². The van der Waals surface area contributed by atoms with Crippen LogP contribution < -0.4 is 0 Å². The first-order valence-electron chi connectivity index (χ1n) is 7.42. The lowest BCUT2D eigenvalue weighted by molar-refractivity contribution is -0.163. The Morgan fingerprint density at radius 3 is 2.89 bits per heavy atom. The standard InChI is InChI=1S/C15H22N2O2/c1-2-3-7-16-10-11-9-12(14(16)18)15(19)17-8-5-4-6-13(11)17/h2,11-13H,1,3-10H2. The molecule has 104 valence electrons. The molecule has 0 saturated carbocycles. The molecular weight excluding hydrogens is 240 g/mol. The molecule has 4 nitrogen and oxygen atoms in total. The van der Waals surface area contributed by atoms with E-state index < -0.39 is 5.92 Å². The maximum Gasteiger partial charge on any atom is 0.235 e. The Labute approximate surface area is 114 Å². The molecule has 0 aliphatic carbocycles. The fourth-order valence-electron chi connectivity index (χ4n) is 3.93. The van der Waals surface area contributed by atoms with Crippen LogP contribution in [0.15, 0.2) is 12.7 Å². The molecule has 3 fully saturated rings. The number of carbonyl (C=O) groups excluding carboxylic acids is 2. The van der Waals surface area contributed by atoms with Crippen molar-refractivity contribution in [2.45, 2.75) is 38.1 Å². The third kappa shape index (κ3) is 2.07. The van der Waals surface area contributed by atoms with Gasteiger partial charge in [0.2, 0.25) is 11.8 Å². The Kier molecular flexibility index (Phi) is 3.33. The van der Waals surface area contributed by atoms with Crippen molar-refractivity contribution in [2.24, 2.45) is 11.8 Å². The fourth-order valence-corrected chi connectivity index (χ4v) is 3.93. The van der Waals surface area contributed by atoms with Crippen LogP contribution in [-0.2, 0) is 9.59 Å². The molecule has 0 aromatic heterocycles. The summed E-state index contributed by atoms with van der Waals surface area (Å²) < 4.78 is 0. The van der Waals surface area contributed by atoms with Crippen LogP contribution >= 0.6 is 0 Å². The molecule has 3 heterocycles. The summed E-state index contributed by atoms with van der Waals surface area (Å²) in [4.78, 5) is 28.7. The minimum atomic E-state index is -0.391. The van der Waals surface area contributed by atoms with Crippen molar-refractivity contribution in [3.63, 3.8) is 0 Å². The van der Waals surface area contributed by atoms with Crippen LogP contribution in [0.1, 0.15) is 32.1 Å². The predicted molar refractivity (Wildman–Crippen MR) is 72.3 cm³/mol. The lowest BCUT2D eigenvalue weighted by atomic mass is 9.75. The number of hydrogen-bond donors (Lipinski definition) is 0. The van der Waals surface area contributed by atoms with Gasteiger partial charge in [-0.2, -0.15) is 0 Å². The smallest absolute Gasteiger partial charge is 0.235 e. The first-order valence-corrected chi connectivity index (χ1v) is 7.42. The van der Waals surface area contributed by atoms with E-state index in [0.717, 1.165) is 45.3 Å². The average Bonchev–Trinajstić information content (AvgIpc) is 2.45. The number of fused-ring (bicyclic) bond motifs is 4. The van der Waals surface area contributed by atoms with Gasteiger partial charge in [-0.25, -0.2) is 0 Å². The lowest BCUT2D eigenvalue weighted by Gasteiger charge is -2.51. The van der Waals surface area contributed by atoms with E-state index in [0.29, 0.717) is 12.0 Å². The minimum absolute atomic E-state index is 0.0483. The molecule has 3 atom stereocenters. The molecule has 3 unspecified atom stereocenters. The number of piperidine rings is 3. The molecule has 4 heteroatoms. The van der Waals surface area contributed by atoms with Gasteiger partial charge in [-0.3, -0.25) is 9.59 Å². The van der Waals surface area contributed by atoms with Crippen molar-refractivity contribution in [2.75, 3.05) is 19.6 Å². The summed E-state index contributed by atoms with van der Waals surface area (Å²) >= 11 is 0. The zero-order valence-electron chi connectivity index (χ0n) is 11.4. The molecular formula is C15H22N2O2. The van der Waals surface area contributed by atoms with Gasteiger partial charge in [0, 0.05) is 25.7 Å². The van der Waals surface area contributed by atoms with Gasteiger partial charge < -0.3 is 9.80 Å². The lowest BCUT2D eigenvalue weighted by Crippen LogP contribution is -2.63. The molecule has 0 aromatic rings. The Hall–Kier alpha value is -1.32. The SMILES string of the molecule is C=CCCN1CC2CC(C1=O)C(=O)N1CCCCC21. The zero-order chi connectivity index (χ0) is 13.4. The van der Waals surface area contributed by atoms with Crippen molar-refractivity contribution in [1.82, 2.24) is 9.80 Å². The molecule has 3 rings (SSSR count). The third-order valence-electron chi connectivity index (χ3n) is 4.88. The van der Waals surface area contributed by atoms with Crippen LogP contribution in [0, 0.1) is 11.8 Å². The van der Waals surface area contributed by atoms with E-state index in [2.05, 4.69) is 6.58 Å². The van der Waals surface area contributed by atoms with Crippen LogP contribution in [0.2, 0.25) is 0 Å². The summed E-state index contributed by atoms with van der Waals surface area (Å²) in [5.41, 5.74) is 0. The maximum absolute atomic E-state index is 12.5. The van der Waals surface area contributed by atoms with Gasteiger partial charge in [-0.15, -0.1) is 6.58 Å². The number of rotatable bonds is 3. The first-order chi connectivity index (χ1) is 9.22. The second kappa shape index (κ2) is 4.99. The summed E-state index contributed by atoms with van der Waals surface area (Å²) in [5.74, 6) is 0.241. The number of amides is 2. The van der Waals surface area contributed by atoms with Crippen LogP contribution in [0.3, 0.4) is 0 Å². The van der Waals surface area contributed by atoms with E-state index >= 15 is 0 Å². The van der Waals surface area contributed by atoms with Crippen LogP contribution in [0.25, 0.3) is 0 Å². The van der Waals surface area contributed by atoms with Crippen LogP contribution in [-0.4, -0.2) is 47.3 Å². The van der Waals surface area contributed by atoms with E-state index in [9.17, 15) is 9.59 Å². The van der Waals surface area contributed by atoms with Gasteiger partial charge in [-0.05, 0) is 38.0 Å². The number of hydrogen-bond acceptors (Lipinski definition) is 2. The Bertz CT molecular complexity index is 407. The summed E-state index contributed by atoms with van der Waals surface area (Å²) in [6.45, 7) is 6.12. The molecule has 3 aliphatic heterocycles. The second-order valence-electron chi connectivity index (χ2n) is 6.00. The van der Waals surface area contributed by atoms with E-state index in [1.807, 2.05) is 15.9 Å². The highest BCUT2D eigenvalue weighted by Gasteiger charge is 2.50. The zero-order valence-corrected chi connectivity index (χ0v) is 11.4. The van der Waals surface area contributed by atoms with Crippen molar-refractivity contribution >= 4 is 11.8 Å². The first kappa shape index (κ1) is 12.7. The predicted octanol–water partition coefficient (Wildman–Crippen LogP) is 1.42. The molecule has 0 spiro atoms. The van der Waals surface area contributed by atoms with Gasteiger partial charge in [0.1, 0.15) is 5.92 Å². The minimum Gasteiger partial charge on any atom is -0.341 e. The highest BCUT2D eigenvalue weighted by atomic mass is 16.2. The van der Waals surface area contributed by atoms with Crippen LogP contribution in [0.5, 0.6) is 0 Å². The molecule has 0 N–H and O–H groups in total. The molecule has 2 bridgehead atoms. The van der Waals surface area contributed by atoms with Crippen molar-refractivity contribution in [3.05, 3.63) is 12.7 Å². The molecule has 0 aromatic carbocycles. The molecule has 2 amide bonds. The van der Waals surface area contributed by atoms with Gasteiger partial charge >= 0.3 is 0 Å². The number of nitrogens with zero attached hydrogens (tertiary/aromatic N) is 2. The quantitative estimate of drug-likeness (QED) is 0.570. The van der Waals surface area contributed by atoms with E-state index in [-0.39, 0.29) is 11.8 Å². The molecule has 3 saturated heterocycles. The van der Waals surface area contributed by atoms with Crippen molar-refractivity contribution in [3.8, 4) is 0 Å². The van der Waals surface area contributed by atoms with Gasteiger partial charge in [0.15, 0.2) is 0 Å². The van der Waals surface area contributed by atoms with E-state index in [4.69, 9.17) is 0 Å². The highest BCUT2D eigenvalue weighted by Crippen LogP contribution is 2.38.